The van der Waals surface area contributed by atoms with Crippen LogP contribution in [0, 0.1) is 11.3 Å². The minimum Gasteiger partial charge on any atom is -0.0683 e. The summed E-state index contributed by atoms with van der Waals surface area (Å²) >= 11 is 0. The molecule has 0 aromatic heterocycles. The Morgan fingerprint density at radius 3 is 1.40 bits per heavy atom. The smallest absolute Gasteiger partial charge is 0.0354 e. The zero-order valence-corrected chi connectivity index (χ0v) is 15.9. The lowest BCUT2D eigenvalue weighted by Crippen LogP contribution is -2.01. The maximum absolute atomic E-state index is 2.36. The van der Waals surface area contributed by atoms with E-state index >= 15 is 0 Å². The van der Waals surface area contributed by atoms with Crippen molar-refractivity contribution < 1.29 is 0 Å². The van der Waals surface area contributed by atoms with Crippen molar-refractivity contribution in [2.45, 2.75) is 119 Å². The van der Waals surface area contributed by atoms with Gasteiger partial charge in [0.05, 0.1) is 0 Å². The quantitative estimate of drug-likeness (QED) is 0.444. The van der Waals surface area contributed by atoms with Crippen molar-refractivity contribution in [1.29, 1.82) is 0 Å². The summed E-state index contributed by atoms with van der Waals surface area (Å²) < 4.78 is 0. The molecule has 1 rings (SSSR count). The Balaban J connectivity index is 0. The summed E-state index contributed by atoms with van der Waals surface area (Å²) in [6, 6.07) is 0. The van der Waals surface area contributed by atoms with Crippen LogP contribution in [-0.2, 0) is 0 Å². The van der Waals surface area contributed by atoms with Crippen LogP contribution in [0.15, 0.2) is 0 Å². The molecule has 1 aliphatic rings. The molecule has 20 heavy (non-hydrogen) atoms. The Morgan fingerprint density at radius 2 is 1.20 bits per heavy atom. The predicted octanol–water partition coefficient (Wildman–Crippen LogP) is 8.01. The molecule has 0 spiro atoms. The van der Waals surface area contributed by atoms with Crippen LogP contribution in [0.3, 0.4) is 0 Å². The highest BCUT2D eigenvalue weighted by molar-refractivity contribution is 4.74. The third-order valence-electron chi connectivity index (χ3n) is 4.47. The van der Waals surface area contributed by atoms with Crippen LogP contribution in [0.1, 0.15) is 119 Å². The summed E-state index contributed by atoms with van der Waals surface area (Å²) in [4.78, 5) is 0. The van der Waals surface area contributed by atoms with Gasteiger partial charge in [-0.15, -0.1) is 0 Å². The minimum atomic E-state index is 0.694. The van der Waals surface area contributed by atoms with E-state index in [-0.39, 0.29) is 0 Å². The van der Waals surface area contributed by atoms with E-state index in [2.05, 4.69) is 34.6 Å². The number of unbranched alkanes of at least 4 members (excludes halogenated alkanes) is 2. The molecule has 0 aliphatic heterocycles. The van der Waals surface area contributed by atoms with Gasteiger partial charge in [0, 0.05) is 0 Å². The monoisotopic (exact) mass is 284 g/mol. The van der Waals surface area contributed by atoms with Gasteiger partial charge in [-0.2, -0.15) is 0 Å². The summed E-state index contributed by atoms with van der Waals surface area (Å²) in [5.41, 5.74) is 0.694. The molecule has 0 atom stereocenters. The van der Waals surface area contributed by atoms with Crippen LogP contribution in [0.5, 0.6) is 0 Å². The second-order valence-electron chi connectivity index (χ2n) is 6.93. The van der Waals surface area contributed by atoms with Crippen molar-refractivity contribution in [3.8, 4) is 0 Å². The second kappa shape index (κ2) is 15.4. The molecule has 0 aromatic carbocycles. The Labute approximate surface area is 131 Å². The van der Waals surface area contributed by atoms with Gasteiger partial charge in [-0.25, -0.2) is 0 Å². The molecule has 0 radical (unpaired) electrons. The molecule has 1 aliphatic carbocycles. The second-order valence-corrected chi connectivity index (χ2v) is 6.93. The topological polar surface area (TPSA) is 0 Å². The normalized spacial score (nSPS) is 16.2. The van der Waals surface area contributed by atoms with E-state index in [1.54, 1.807) is 0 Å². The number of rotatable bonds is 7. The van der Waals surface area contributed by atoms with Crippen molar-refractivity contribution in [2.75, 3.05) is 0 Å². The number of hydrogen-bond donors (Lipinski definition) is 0. The summed E-state index contributed by atoms with van der Waals surface area (Å²) in [6.07, 6.45) is 15.7. The molecule has 0 nitrogen and oxygen atoms in total. The molecule has 0 saturated heterocycles. The summed E-state index contributed by atoms with van der Waals surface area (Å²) in [5.74, 6) is 1.02. The highest BCUT2D eigenvalue weighted by Gasteiger charge is 2.21. The van der Waals surface area contributed by atoms with Crippen molar-refractivity contribution >= 4 is 0 Å². The lowest BCUT2D eigenvalue weighted by molar-refractivity contribution is 0.382. The van der Waals surface area contributed by atoms with E-state index < -0.39 is 0 Å². The van der Waals surface area contributed by atoms with E-state index in [4.69, 9.17) is 0 Å². The Hall–Kier alpha value is 0. The maximum atomic E-state index is 2.36. The van der Waals surface area contributed by atoms with Crippen LogP contribution in [0.25, 0.3) is 0 Å². The largest absolute Gasteiger partial charge is 0.0683 e. The third-order valence-corrected chi connectivity index (χ3v) is 4.47. The summed E-state index contributed by atoms with van der Waals surface area (Å²) in [5, 5.41) is 0. The van der Waals surface area contributed by atoms with Gasteiger partial charge in [0.1, 0.15) is 0 Å². The molecular formula is C20H44. The van der Waals surface area contributed by atoms with Crippen LogP contribution in [0.2, 0.25) is 0 Å². The van der Waals surface area contributed by atoms with Gasteiger partial charge in [0.25, 0.3) is 0 Å². The SMILES string of the molecule is CC.CC1(C)CCCC1.CCCCC(CC)CCCC. The van der Waals surface area contributed by atoms with Crippen LogP contribution >= 0.6 is 0 Å². The van der Waals surface area contributed by atoms with Gasteiger partial charge < -0.3 is 0 Å². The van der Waals surface area contributed by atoms with E-state index in [0.717, 1.165) is 5.92 Å². The number of hydrogen-bond acceptors (Lipinski definition) is 0. The van der Waals surface area contributed by atoms with Gasteiger partial charge in [-0.1, -0.05) is 106 Å². The highest BCUT2D eigenvalue weighted by atomic mass is 14.3. The fourth-order valence-electron chi connectivity index (χ4n) is 2.87. The first-order valence-corrected chi connectivity index (χ1v) is 9.55. The Bertz CT molecular complexity index is 153. The van der Waals surface area contributed by atoms with E-state index in [0.29, 0.717) is 5.41 Å². The first-order chi connectivity index (χ1) is 9.55. The fraction of sp³-hybridized carbons (Fsp3) is 1.00. The van der Waals surface area contributed by atoms with E-state index in [9.17, 15) is 0 Å². The molecule has 0 N–H and O–H groups in total. The molecule has 124 valence electrons. The molecule has 1 fully saturated rings. The van der Waals surface area contributed by atoms with Crippen molar-refractivity contribution in [2.24, 2.45) is 11.3 Å². The van der Waals surface area contributed by atoms with Crippen molar-refractivity contribution in [3.05, 3.63) is 0 Å². The standard InChI is InChI=1S/C11H24.C7H14.C2H6/c1-4-7-9-11(6-3)10-8-5-2;1-7(2)5-3-4-6-7;1-2/h11H,4-10H2,1-3H3;3-6H2,1-2H3;1-2H3. The molecule has 0 heteroatoms. The molecule has 0 heterocycles. The summed E-state index contributed by atoms with van der Waals surface area (Å²) in [7, 11) is 0. The fourth-order valence-corrected chi connectivity index (χ4v) is 2.87. The highest BCUT2D eigenvalue weighted by Crippen LogP contribution is 2.36. The predicted molar refractivity (Wildman–Crippen MR) is 96.4 cm³/mol. The van der Waals surface area contributed by atoms with E-state index in [1.165, 1.54) is 70.6 Å². The third kappa shape index (κ3) is 14.4. The molecule has 1 saturated carbocycles. The Morgan fingerprint density at radius 1 is 0.800 bits per heavy atom. The molecule has 0 unspecified atom stereocenters. The van der Waals surface area contributed by atoms with Crippen LogP contribution < -0.4 is 0 Å². The van der Waals surface area contributed by atoms with Crippen molar-refractivity contribution in [3.63, 3.8) is 0 Å². The summed E-state index contributed by atoms with van der Waals surface area (Å²) in [6.45, 7) is 15.6. The van der Waals surface area contributed by atoms with Crippen LogP contribution in [0.4, 0.5) is 0 Å². The van der Waals surface area contributed by atoms with E-state index in [1.807, 2.05) is 13.8 Å². The van der Waals surface area contributed by atoms with Gasteiger partial charge in [-0.3, -0.25) is 0 Å². The average Bonchev–Trinajstić information content (AvgIpc) is 2.86. The Kier molecular flexibility index (Phi) is 17.1. The lowest BCUT2D eigenvalue weighted by atomic mass is 9.92. The van der Waals surface area contributed by atoms with Crippen LogP contribution in [-0.4, -0.2) is 0 Å². The molecular weight excluding hydrogens is 240 g/mol. The molecule has 0 bridgehead atoms. The minimum absolute atomic E-state index is 0.694. The zero-order valence-electron chi connectivity index (χ0n) is 15.9. The first kappa shape index (κ1) is 22.3. The maximum Gasteiger partial charge on any atom is -0.0354 e. The lowest BCUT2D eigenvalue weighted by Gasteiger charge is -2.13. The first-order valence-electron chi connectivity index (χ1n) is 9.55. The van der Waals surface area contributed by atoms with Gasteiger partial charge >= 0.3 is 0 Å². The van der Waals surface area contributed by atoms with Gasteiger partial charge in [0.2, 0.25) is 0 Å². The van der Waals surface area contributed by atoms with Gasteiger partial charge in [-0.05, 0) is 24.2 Å². The zero-order chi connectivity index (χ0) is 15.9. The van der Waals surface area contributed by atoms with Gasteiger partial charge in [0.15, 0.2) is 0 Å². The molecule has 0 amide bonds. The average molecular weight is 285 g/mol. The van der Waals surface area contributed by atoms with Crippen molar-refractivity contribution in [1.82, 2.24) is 0 Å². The molecule has 0 aromatic rings.